The molecule has 1 aromatic heterocycles. The minimum Gasteiger partial charge on any atom is -0.453 e. The Morgan fingerprint density at radius 3 is 2.18 bits per heavy atom. The number of nitrogens with one attached hydrogen (secondary N) is 4. The SMILES string of the molecule is COC(=O)NC(C)C(=O)N1CCCC1C1=NC2(COC2)c2ccc(-c3ccc(-c4cnc(C5CCCN5C(=O)C(C)NC(=O)OC)[nH]4)c4c3CC3CCC43)cc2N1. The zero-order chi connectivity index (χ0) is 39.6. The molecule has 9 rings (SSSR count). The number of amides is 4. The molecule has 300 valence electrons. The first-order valence-electron chi connectivity index (χ1n) is 20.2. The van der Waals surface area contributed by atoms with E-state index >= 15 is 0 Å². The van der Waals surface area contributed by atoms with Crippen LogP contribution in [0.5, 0.6) is 0 Å². The summed E-state index contributed by atoms with van der Waals surface area (Å²) in [5.74, 6) is 2.28. The number of hydrogen-bond acceptors (Lipinski definition) is 10. The normalized spacial score (nSPS) is 24.8. The van der Waals surface area contributed by atoms with Crippen LogP contribution in [0.1, 0.15) is 86.8 Å². The molecule has 0 bridgehead atoms. The Balaban J connectivity index is 1.00. The molecular formula is C42H50N8O7. The van der Waals surface area contributed by atoms with E-state index in [1.807, 2.05) is 16.0 Å². The number of imidazole rings is 1. The van der Waals surface area contributed by atoms with Gasteiger partial charge >= 0.3 is 12.2 Å². The van der Waals surface area contributed by atoms with Gasteiger partial charge in [0.1, 0.15) is 29.3 Å². The highest BCUT2D eigenvalue weighted by Crippen LogP contribution is 2.56. The van der Waals surface area contributed by atoms with Crippen LogP contribution in [0.15, 0.2) is 41.5 Å². The molecule has 3 aromatic rings. The predicted octanol–water partition coefficient (Wildman–Crippen LogP) is 4.99. The van der Waals surface area contributed by atoms with Crippen molar-refractivity contribution >= 4 is 35.5 Å². The third kappa shape index (κ3) is 6.30. The number of likely N-dealkylation sites (tertiary alicyclic amines) is 2. The average Bonchev–Trinajstić information content (AvgIpc) is 4.02. The number of aromatic amines is 1. The molecule has 6 atom stereocenters. The highest BCUT2D eigenvalue weighted by atomic mass is 16.5. The molecule has 2 aromatic carbocycles. The summed E-state index contributed by atoms with van der Waals surface area (Å²) < 4.78 is 15.2. The Kier molecular flexibility index (Phi) is 9.45. The second-order valence-electron chi connectivity index (χ2n) is 16.4. The van der Waals surface area contributed by atoms with E-state index < -0.39 is 29.8 Å². The Morgan fingerprint density at radius 2 is 1.54 bits per heavy atom. The van der Waals surface area contributed by atoms with Crippen LogP contribution in [0.4, 0.5) is 15.3 Å². The van der Waals surface area contributed by atoms with Gasteiger partial charge in [-0.3, -0.25) is 14.6 Å². The fraction of sp³-hybridized carbons (Fsp3) is 0.524. The number of rotatable bonds is 8. The number of aromatic nitrogens is 2. The number of benzene rings is 2. The van der Waals surface area contributed by atoms with Gasteiger partial charge in [-0.2, -0.15) is 0 Å². The molecule has 5 heterocycles. The van der Waals surface area contributed by atoms with Crippen LogP contribution < -0.4 is 16.0 Å². The maximum absolute atomic E-state index is 13.6. The molecular weight excluding hydrogens is 729 g/mol. The number of alkyl carbamates (subject to hydrolysis) is 2. The lowest BCUT2D eigenvalue weighted by molar-refractivity contribution is -0.134. The summed E-state index contributed by atoms with van der Waals surface area (Å²) in [7, 11) is 2.57. The van der Waals surface area contributed by atoms with Gasteiger partial charge in [0.05, 0.1) is 51.4 Å². The van der Waals surface area contributed by atoms with E-state index in [-0.39, 0.29) is 23.9 Å². The first-order chi connectivity index (χ1) is 27.6. The first kappa shape index (κ1) is 37.2. The first-order valence-corrected chi connectivity index (χ1v) is 20.2. The van der Waals surface area contributed by atoms with Crippen molar-refractivity contribution in [1.29, 1.82) is 0 Å². The van der Waals surface area contributed by atoms with Crippen molar-refractivity contribution in [2.24, 2.45) is 10.9 Å². The number of methoxy groups -OCH3 is 2. The number of hydrogen-bond donors (Lipinski definition) is 4. The molecule has 0 radical (unpaired) electrons. The molecule has 57 heavy (non-hydrogen) atoms. The summed E-state index contributed by atoms with van der Waals surface area (Å²) in [6.45, 7) is 5.48. The standard InChI is InChI=1S/C42H50N8O7/c1-22(44-40(53)55-3)38(51)49-15-5-7-33(49)36-43-19-32(47-36)28-13-12-26(29-17-24-9-11-27(24)35(28)29)25-10-14-30-31(18-25)46-37(48-42(30)20-57-21-42)34-8-6-16-50(34)39(52)23(2)45-41(54)56-4/h10,12-14,18-19,22-24,27,33-34H,5-9,11,15-17,20-21H2,1-4H3,(H,43,47)(H,44,53)(H,45,54)(H,46,48). The molecule has 15 nitrogen and oxygen atoms in total. The average molecular weight is 779 g/mol. The maximum atomic E-state index is 13.6. The van der Waals surface area contributed by atoms with Crippen LogP contribution in [-0.4, -0.2) is 108 Å². The van der Waals surface area contributed by atoms with Crippen molar-refractivity contribution in [3.63, 3.8) is 0 Å². The van der Waals surface area contributed by atoms with E-state index in [1.54, 1.807) is 13.8 Å². The highest BCUT2D eigenvalue weighted by molar-refractivity contribution is 6.05. The van der Waals surface area contributed by atoms with Crippen molar-refractivity contribution < 1.29 is 33.4 Å². The van der Waals surface area contributed by atoms with Crippen molar-refractivity contribution in [3.05, 3.63) is 59.0 Å². The largest absolute Gasteiger partial charge is 0.453 e. The van der Waals surface area contributed by atoms with Gasteiger partial charge < -0.3 is 44.9 Å². The molecule has 15 heteroatoms. The smallest absolute Gasteiger partial charge is 0.407 e. The molecule has 6 unspecified atom stereocenters. The second kappa shape index (κ2) is 14.5. The minimum absolute atomic E-state index is 0.159. The predicted molar refractivity (Wildman–Crippen MR) is 211 cm³/mol. The number of fused-ring (bicyclic) bond motifs is 5. The maximum Gasteiger partial charge on any atom is 0.407 e. The van der Waals surface area contributed by atoms with Crippen molar-refractivity contribution in [2.75, 3.05) is 45.8 Å². The monoisotopic (exact) mass is 778 g/mol. The topological polar surface area (TPSA) is 180 Å². The third-order valence-corrected chi connectivity index (χ3v) is 13.1. The summed E-state index contributed by atoms with van der Waals surface area (Å²) in [6, 6.07) is 9.18. The molecule has 3 saturated heterocycles. The number of carbonyl (C=O) groups is 4. The number of nitrogens with zero attached hydrogens (tertiary/aromatic N) is 4. The van der Waals surface area contributed by atoms with Crippen LogP contribution >= 0.6 is 0 Å². The van der Waals surface area contributed by atoms with Crippen molar-refractivity contribution in [3.8, 4) is 22.4 Å². The third-order valence-electron chi connectivity index (χ3n) is 13.1. The number of H-pyrrole nitrogens is 1. The molecule has 4 fully saturated rings. The Morgan fingerprint density at radius 1 is 0.877 bits per heavy atom. The number of ether oxygens (including phenoxy) is 3. The van der Waals surface area contributed by atoms with E-state index in [0.29, 0.717) is 38.1 Å². The number of aliphatic imine (C=N–C) groups is 1. The summed E-state index contributed by atoms with van der Waals surface area (Å²) in [5, 5.41) is 8.88. The second-order valence-corrected chi connectivity index (χ2v) is 16.4. The molecule has 4 amide bonds. The van der Waals surface area contributed by atoms with Gasteiger partial charge in [0.25, 0.3) is 0 Å². The number of amidine groups is 1. The van der Waals surface area contributed by atoms with Gasteiger partial charge in [0, 0.05) is 29.9 Å². The highest BCUT2D eigenvalue weighted by Gasteiger charge is 2.48. The lowest BCUT2D eigenvalue weighted by Crippen LogP contribution is -2.55. The number of anilines is 1. The van der Waals surface area contributed by atoms with Crippen LogP contribution in [0.3, 0.4) is 0 Å². The van der Waals surface area contributed by atoms with Crippen molar-refractivity contribution in [2.45, 2.75) is 94.4 Å². The fourth-order valence-corrected chi connectivity index (χ4v) is 9.98. The lowest BCUT2D eigenvalue weighted by atomic mass is 9.73. The van der Waals surface area contributed by atoms with Crippen LogP contribution in [-0.2, 0) is 35.8 Å². The molecule has 2 aliphatic carbocycles. The molecule has 4 aliphatic heterocycles. The summed E-state index contributed by atoms with van der Waals surface area (Å²) in [5.41, 5.74) is 8.77. The van der Waals surface area contributed by atoms with Crippen LogP contribution in [0.25, 0.3) is 22.4 Å². The molecule has 6 aliphatic rings. The molecule has 1 saturated carbocycles. The van der Waals surface area contributed by atoms with Gasteiger partial charge in [-0.05, 0) is 98.9 Å². The van der Waals surface area contributed by atoms with E-state index in [0.717, 1.165) is 78.3 Å². The van der Waals surface area contributed by atoms with Crippen molar-refractivity contribution in [1.82, 2.24) is 30.4 Å². The molecule has 4 N–H and O–H groups in total. The Labute approximate surface area is 331 Å². The zero-order valence-corrected chi connectivity index (χ0v) is 32.9. The van der Waals surface area contributed by atoms with E-state index in [2.05, 4.69) is 51.3 Å². The van der Waals surface area contributed by atoms with Gasteiger partial charge in [0.2, 0.25) is 11.8 Å². The van der Waals surface area contributed by atoms with Crippen LogP contribution in [0, 0.1) is 5.92 Å². The van der Waals surface area contributed by atoms with E-state index in [9.17, 15) is 19.2 Å². The summed E-state index contributed by atoms with van der Waals surface area (Å²) >= 11 is 0. The lowest BCUT2D eigenvalue weighted by Gasteiger charge is -2.44. The zero-order valence-electron chi connectivity index (χ0n) is 32.9. The summed E-state index contributed by atoms with van der Waals surface area (Å²) in [6.07, 6.45) is 7.26. The van der Waals surface area contributed by atoms with E-state index in [1.165, 1.54) is 37.3 Å². The Bertz CT molecular complexity index is 2160. The minimum atomic E-state index is -0.733. The van der Waals surface area contributed by atoms with Gasteiger partial charge in [-0.15, -0.1) is 0 Å². The molecule has 1 spiro atoms. The Hall–Kier alpha value is -5.44. The number of carbonyl (C=O) groups excluding carboxylic acids is 4. The van der Waals surface area contributed by atoms with Gasteiger partial charge in [0.15, 0.2) is 0 Å². The van der Waals surface area contributed by atoms with Gasteiger partial charge in [-0.25, -0.2) is 14.6 Å². The fourth-order valence-electron chi connectivity index (χ4n) is 9.98. The summed E-state index contributed by atoms with van der Waals surface area (Å²) in [4.78, 5) is 67.9. The quantitative estimate of drug-likeness (QED) is 0.245. The van der Waals surface area contributed by atoms with Gasteiger partial charge in [-0.1, -0.05) is 24.3 Å². The van der Waals surface area contributed by atoms with E-state index in [4.69, 9.17) is 24.2 Å². The van der Waals surface area contributed by atoms with Crippen LogP contribution in [0.2, 0.25) is 0 Å².